The lowest BCUT2D eigenvalue weighted by molar-refractivity contribution is 0.152. The monoisotopic (exact) mass is 351 g/mol. The summed E-state index contributed by atoms with van der Waals surface area (Å²) in [6.07, 6.45) is 3.70. The minimum Gasteiger partial charge on any atom is -0.310 e. The lowest BCUT2D eigenvalue weighted by atomic mass is 10.1. The lowest BCUT2D eigenvalue weighted by Crippen LogP contribution is -2.45. The zero-order valence-electron chi connectivity index (χ0n) is 12.9. The highest BCUT2D eigenvalue weighted by Gasteiger charge is 2.23. The van der Waals surface area contributed by atoms with E-state index < -0.39 is 0 Å². The zero-order chi connectivity index (χ0) is 14.7. The third-order valence-corrected chi connectivity index (χ3v) is 5.59. The maximum atomic E-state index is 3.76. The molecule has 1 aromatic rings. The van der Waals surface area contributed by atoms with Crippen LogP contribution < -0.4 is 5.32 Å². The summed E-state index contributed by atoms with van der Waals surface area (Å²) in [6.45, 7) is 7.27. The van der Waals surface area contributed by atoms with Crippen LogP contribution in [0.25, 0.3) is 0 Å². The van der Waals surface area contributed by atoms with Crippen molar-refractivity contribution < 1.29 is 0 Å². The van der Waals surface area contributed by atoms with Crippen LogP contribution in [0.2, 0.25) is 0 Å². The van der Waals surface area contributed by atoms with Crippen LogP contribution in [0.5, 0.6) is 0 Å². The predicted molar refractivity (Wildman–Crippen MR) is 91.8 cm³/mol. The first-order valence-electron chi connectivity index (χ1n) is 8.15. The SMILES string of the molecule is CN1CCN(CCCNC2CCc3c(Br)cccc32)CC1. The van der Waals surface area contributed by atoms with Gasteiger partial charge in [-0.05, 0) is 56.6 Å². The van der Waals surface area contributed by atoms with Crippen molar-refractivity contribution in [2.24, 2.45) is 0 Å². The molecule has 2 aliphatic rings. The molecule has 0 radical (unpaired) electrons. The van der Waals surface area contributed by atoms with Gasteiger partial charge in [0.25, 0.3) is 0 Å². The number of fused-ring (bicyclic) bond motifs is 1. The highest BCUT2D eigenvalue weighted by Crippen LogP contribution is 2.35. The van der Waals surface area contributed by atoms with Gasteiger partial charge in [-0.15, -0.1) is 0 Å². The van der Waals surface area contributed by atoms with E-state index in [4.69, 9.17) is 0 Å². The number of hydrogen-bond acceptors (Lipinski definition) is 3. The summed E-state index contributed by atoms with van der Waals surface area (Å²) >= 11 is 3.68. The smallest absolute Gasteiger partial charge is 0.0326 e. The van der Waals surface area contributed by atoms with Crippen LogP contribution >= 0.6 is 15.9 Å². The quantitative estimate of drug-likeness (QED) is 0.822. The van der Waals surface area contributed by atoms with Crippen LogP contribution in [0.3, 0.4) is 0 Å². The molecule has 3 nitrogen and oxygen atoms in total. The van der Waals surface area contributed by atoms with Gasteiger partial charge in [0.05, 0.1) is 0 Å². The maximum absolute atomic E-state index is 3.76. The van der Waals surface area contributed by atoms with Crippen molar-refractivity contribution >= 4 is 15.9 Å². The van der Waals surface area contributed by atoms with Crippen molar-refractivity contribution in [2.75, 3.05) is 46.3 Å². The molecule has 3 rings (SSSR count). The molecule has 0 aromatic heterocycles. The number of rotatable bonds is 5. The van der Waals surface area contributed by atoms with Crippen LogP contribution in [0.4, 0.5) is 0 Å². The molecule has 0 saturated carbocycles. The first kappa shape index (κ1) is 15.5. The van der Waals surface area contributed by atoms with E-state index in [0.717, 1.165) is 6.54 Å². The molecular formula is C17H26BrN3. The van der Waals surface area contributed by atoms with E-state index in [2.05, 4.69) is 56.3 Å². The van der Waals surface area contributed by atoms with Crippen LogP contribution in [0.15, 0.2) is 22.7 Å². The Bertz CT molecular complexity index is 469. The average Bonchev–Trinajstić information content (AvgIpc) is 2.90. The topological polar surface area (TPSA) is 18.5 Å². The first-order valence-corrected chi connectivity index (χ1v) is 8.95. The van der Waals surface area contributed by atoms with Gasteiger partial charge >= 0.3 is 0 Å². The molecule has 1 aromatic carbocycles. The normalized spacial score (nSPS) is 23.4. The molecule has 0 amide bonds. The molecule has 1 N–H and O–H groups in total. The predicted octanol–water partition coefficient (Wildman–Crippen LogP) is 2.66. The van der Waals surface area contributed by atoms with E-state index >= 15 is 0 Å². The molecule has 1 heterocycles. The Labute approximate surface area is 136 Å². The molecule has 0 spiro atoms. The fraction of sp³-hybridized carbons (Fsp3) is 0.647. The second kappa shape index (κ2) is 7.23. The van der Waals surface area contributed by atoms with E-state index in [1.165, 1.54) is 67.6 Å². The van der Waals surface area contributed by atoms with Crippen LogP contribution in [0, 0.1) is 0 Å². The van der Waals surface area contributed by atoms with Crippen molar-refractivity contribution in [1.29, 1.82) is 0 Å². The summed E-state index contributed by atoms with van der Waals surface area (Å²) in [5.41, 5.74) is 3.01. The number of hydrogen-bond donors (Lipinski definition) is 1. The molecular weight excluding hydrogens is 326 g/mol. The van der Waals surface area contributed by atoms with Crippen molar-refractivity contribution in [1.82, 2.24) is 15.1 Å². The zero-order valence-corrected chi connectivity index (χ0v) is 14.5. The summed E-state index contributed by atoms with van der Waals surface area (Å²) in [5, 5.41) is 3.76. The molecule has 116 valence electrons. The Balaban J connectivity index is 1.40. The number of benzene rings is 1. The fourth-order valence-electron chi connectivity index (χ4n) is 3.47. The van der Waals surface area contributed by atoms with Gasteiger partial charge in [-0.1, -0.05) is 28.1 Å². The van der Waals surface area contributed by atoms with Gasteiger partial charge in [0.1, 0.15) is 0 Å². The number of nitrogens with one attached hydrogen (secondary N) is 1. The van der Waals surface area contributed by atoms with Crippen LogP contribution in [-0.4, -0.2) is 56.1 Å². The Morgan fingerprint density at radius 3 is 2.86 bits per heavy atom. The molecule has 1 atom stereocenters. The van der Waals surface area contributed by atoms with Gasteiger partial charge in [-0.3, -0.25) is 0 Å². The van der Waals surface area contributed by atoms with E-state index in [1.807, 2.05) is 0 Å². The summed E-state index contributed by atoms with van der Waals surface area (Å²) in [6, 6.07) is 7.16. The summed E-state index contributed by atoms with van der Waals surface area (Å²) < 4.78 is 1.28. The fourth-order valence-corrected chi connectivity index (χ4v) is 4.05. The van der Waals surface area contributed by atoms with E-state index in [9.17, 15) is 0 Å². The molecule has 1 aliphatic heterocycles. The standard InChI is InChI=1S/C17H26BrN3/c1-20-10-12-21(13-11-20)9-3-8-19-17-7-6-14-15(17)4-2-5-16(14)18/h2,4-5,17,19H,3,6-13H2,1H3. The van der Waals surface area contributed by atoms with Crippen molar-refractivity contribution in [3.63, 3.8) is 0 Å². The maximum Gasteiger partial charge on any atom is 0.0326 e. The highest BCUT2D eigenvalue weighted by atomic mass is 79.9. The van der Waals surface area contributed by atoms with E-state index in [-0.39, 0.29) is 0 Å². The Kier molecular flexibility index (Phi) is 5.33. The number of nitrogens with zero attached hydrogens (tertiary/aromatic N) is 2. The first-order chi connectivity index (χ1) is 10.2. The van der Waals surface area contributed by atoms with Gasteiger partial charge in [0.15, 0.2) is 0 Å². The third-order valence-electron chi connectivity index (χ3n) is 4.85. The summed E-state index contributed by atoms with van der Waals surface area (Å²) in [5.74, 6) is 0. The Hall–Kier alpha value is -0.420. The number of piperazine rings is 1. The molecule has 1 aliphatic carbocycles. The van der Waals surface area contributed by atoms with Crippen molar-refractivity contribution in [3.05, 3.63) is 33.8 Å². The largest absolute Gasteiger partial charge is 0.310 e. The van der Waals surface area contributed by atoms with Gasteiger partial charge in [0.2, 0.25) is 0 Å². The number of likely N-dealkylation sites (N-methyl/N-ethyl adjacent to an activating group) is 1. The Morgan fingerprint density at radius 1 is 1.24 bits per heavy atom. The number of halogens is 1. The minimum absolute atomic E-state index is 0.560. The molecule has 1 fully saturated rings. The third kappa shape index (κ3) is 3.86. The van der Waals surface area contributed by atoms with Crippen molar-refractivity contribution in [2.45, 2.75) is 25.3 Å². The highest BCUT2D eigenvalue weighted by molar-refractivity contribution is 9.10. The summed E-state index contributed by atoms with van der Waals surface area (Å²) in [4.78, 5) is 5.02. The minimum atomic E-state index is 0.560. The van der Waals surface area contributed by atoms with E-state index in [0.29, 0.717) is 6.04 Å². The van der Waals surface area contributed by atoms with Crippen LogP contribution in [-0.2, 0) is 6.42 Å². The molecule has 4 heteroatoms. The lowest BCUT2D eigenvalue weighted by Gasteiger charge is -2.32. The van der Waals surface area contributed by atoms with Gasteiger partial charge in [0, 0.05) is 36.7 Å². The Morgan fingerprint density at radius 2 is 2.05 bits per heavy atom. The van der Waals surface area contributed by atoms with Gasteiger partial charge in [-0.25, -0.2) is 0 Å². The van der Waals surface area contributed by atoms with Gasteiger partial charge in [-0.2, -0.15) is 0 Å². The van der Waals surface area contributed by atoms with Gasteiger partial charge < -0.3 is 15.1 Å². The second-order valence-electron chi connectivity index (χ2n) is 6.35. The molecule has 21 heavy (non-hydrogen) atoms. The molecule has 1 unspecified atom stereocenters. The van der Waals surface area contributed by atoms with E-state index in [1.54, 1.807) is 0 Å². The van der Waals surface area contributed by atoms with Crippen LogP contribution in [0.1, 0.15) is 30.0 Å². The average molecular weight is 352 g/mol. The second-order valence-corrected chi connectivity index (χ2v) is 7.21. The molecule has 0 bridgehead atoms. The molecule has 1 saturated heterocycles. The summed E-state index contributed by atoms with van der Waals surface area (Å²) in [7, 11) is 2.22. The van der Waals surface area contributed by atoms with Crippen molar-refractivity contribution in [3.8, 4) is 0 Å².